The molecule has 96 valence electrons. The van der Waals surface area contributed by atoms with Crippen LogP contribution in [0.2, 0.25) is 0 Å². The van der Waals surface area contributed by atoms with E-state index >= 15 is 0 Å². The van der Waals surface area contributed by atoms with Gasteiger partial charge in [-0.2, -0.15) is 0 Å². The first-order valence-electron chi connectivity index (χ1n) is 5.60. The molecule has 0 aliphatic heterocycles. The van der Waals surface area contributed by atoms with E-state index in [2.05, 4.69) is 0 Å². The highest BCUT2D eigenvalue weighted by Gasteiger charge is 2.26. The Labute approximate surface area is 98.6 Å². The number of hydrogen-bond acceptors (Lipinski definition) is 3. The maximum atomic E-state index is 11.7. The van der Waals surface area contributed by atoms with E-state index in [1.807, 2.05) is 27.7 Å². The lowest BCUT2D eigenvalue weighted by Crippen LogP contribution is -2.42. The maximum absolute atomic E-state index is 11.7. The highest BCUT2D eigenvalue weighted by molar-refractivity contribution is 5.68. The van der Waals surface area contributed by atoms with Gasteiger partial charge in [0, 0.05) is 13.1 Å². The fraction of sp³-hybridized carbons (Fsp3) is 0.917. The fourth-order valence-corrected chi connectivity index (χ4v) is 1.37. The van der Waals surface area contributed by atoms with Gasteiger partial charge in [-0.15, -0.1) is 0 Å². The molecule has 0 saturated heterocycles. The van der Waals surface area contributed by atoms with Gasteiger partial charge in [0.25, 0.3) is 0 Å². The largest absolute Gasteiger partial charge is 0.444 e. The summed E-state index contributed by atoms with van der Waals surface area (Å²) >= 11 is 0. The standard InChI is InChI=1S/C12H25NO3/c1-9(8-12(5,6)15)13(7)10(14)16-11(2,3)4/h9,15H,8H2,1-7H3. The Morgan fingerprint density at radius 3 is 2.06 bits per heavy atom. The lowest BCUT2D eigenvalue weighted by molar-refractivity contribution is 0.00823. The molecule has 0 saturated carbocycles. The Balaban J connectivity index is 4.34. The minimum atomic E-state index is -0.782. The van der Waals surface area contributed by atoms with Crippen LogP contribution >= 0.6 is 0 Å². The molecule has 0 radical (unpaired) electrons. The highest BCUT2D eigenvalue weighted by Crippen LogP contribution is 2.16. The van der Waals surface area contributed by atoms with Gasteiger partial charge in [0.05, 0.1) is 5.60 Å². The first-order valence-corrected chi connectivity index (χ1v) is 5.60. The van der Waals surface area contributed by atoms with Gasteiger partial charge in [-0.25, -0.2) is 4.79 Å². The van der Waals surface area contributed by atoms with Gasteiger partial charge in [0.15, 0.2) is 0 Å². The van der Waals surface area contributed by atoms with Crippen molar-refractivity contribution in [2.45, 2.75) is 65.2 Å². The fourth-order valence-electron chi connectivity index (χ4n) is 1.37. The molecule has 0 aromatic heterocycles. The van der Waals surface area contributed by atoms with E-state index in [0.717, 1.165) is 0 Å². The van der Waals surface area contributed by atoms with E-state index in [-0.39, 0.29) is 12.1 Å². The van der Waals surface area contributed by atoms with Gasteiger partial charge in [-0.05, 0) is 48.0 Å². The van der Waals surface area contributed by atoms with Crippen molar-refractivity contribution in [3.8, 4) is 0 Å². The van der Waals surface area contributed by atoms with Crippen LogP contribution in [0.25, 0.3) is 0 Å². The van der Waals surface area contributed by atoms with Crippen LogP contribution in [0.4, 0.5) is 4.79 Å². The number of rotatable bonds is 3. The normalized spacial score (nSPS) is 14.5. The molecule has 1 N–H and O–H groups in total. The SMILES string of the molecule is CC(CC(C)(C)O)N(C)C(=O)OC(C)(C)C. The minimum Gasteiger partial charge on any atom is -0.444 e. The summed E-state index contributed by atoms with van der Waals surface area (Å²) in [5.41, 5.74) is -1.27. The lowest BCUT2D eigenvalue weighted by atomic mass is 10.00. The second kappa shape index (κ2) is 5.04. The van der Waals surface area contributed by atoms with Crippen molar-refractivity contribution < 1.29 is 14.6 Å². The zero-order chi connectivity index (χ0) is 13.1. The predicted octanol–water partition coefficient (Wildman–Crippen LogP) is 2.40. The van der Waals surface area contributed by atoms with Crippen LogP contribution in [-0.2, 0) is 4.74 Å². The molecule has 4 nitrogen and oxygen atoms in total. The minimum absolute atomic E-state index is 0.0603. The highest BCUT2D eigenvalue weighted by atomic mass is 16.6. The van der Waals surface area contributed by atoms with E-state index in [9.17, 15) is 9.90 Å². The van der Waals surface area contributed by atoms with Gasteiger partial charge in [0.2, 0.25) is 0 Å². The molecule has 0 aromatic carbocycles. The van der Waals surface area contributed by atoms with Crippen molar-refractivity contribution in [1.82, 2.24) is 4.90 Å². The van der Waals surface area contributed by atoms with Crippen molar-refractivity contribution in [1.29, 1.82) is 0 Å². The van der Waals surface area contributed by atoms with Crippen molar-refractivity contribution in [3.63, 3.8) is 0 Å². The first kappa shape index (κ1) is 15.2. The number of ether oxygens (including phenoxy) is 1. The third-order valence-corrected chi connectivity index (χ3v) is 2.14. The zero-order valence-electron chi connectivity index (χ0n) is 11.5. The zero-order valence-corrected chi connectivity index (χ0v) is 11.5. The van der Waals surface area contributed by atoms with E-state index in [1.165, 1.54) is 4.90 Å². The molecule has 0 heterocycles. The second-order valence-corrected chi connectivity index (χ2v) is 5.96. The Bertz CT molecular complexity index is 238. The van der Waals surface area contributed by atoms with Crippen molar-refractivity contribution in [2.75, 3.05) is 7.05 Å². The van der Waals surface area contributed by atoms with Crippen molar-refractivity contribution in [2.24, 2.45) is 0 Å². The lowest BCUT2D eigenvalue weighted by Gasteiger charge is -2.31. The number of nitrogens with zero attached hydrogens (tertiary/aromatic N) is 1. The van der Waals surface area contributed by atoms with Gasteiger partial charge in [-0.1, -0.05) is 0 Å². The number of carbonyl (C=O) groups is 1. The molecule has 16 heavy (non-hydrogen) atoms. The van der Waals surface area contributed by atoms with E-state index in [0.29, 0.717) is 6.42 Å². The van der Waals surface area contributed by atoms with Crippen LogP contribution in [0.15, 0.2) is 0 Å². The van der Waals surface area contributed by atoms with Gasteiger partial charge in [-0.3, -0.25) is 0 Å². The summed E-state index contributed by atoms with van der Waals surface area (Å²) in [5, 5.41) is 9.67. The summed E-state index contributed by atoms with van der Waals surface area (Å²) < 4.78 is 5.24. The summed E-state index contributed by atoms with van der Waals surface area (Å²) in [6.45, 7) is 10.8. The van der Waals surface area contributed by atoms with E-state index < -0.39 is 11.2 Å². The molecule has 0 aromatic rings. The van der Waals surface area contributed by atoms with Gasteiger partial charge < -0.3 is 14.7 Å². The van der Waals surface area contributed by atoms with E-state index in [1.54, 1.807) is 20.9 Å². The van der Waals surface area contributed by atoms with Crippen LogP contribution in [-0.4, -0.2) is 40.4 Å². The molecule has 1 amide bonds. The Morgan fingerprint density at radius 2 is 1.75 bits per heavy atom. The Morgan fingerprint density at radius 1 is 1.31 bits per heavy atom. The molecule has 0 bridgehead atoms. The summed E-state index contributed by atoms with van der Waals surface area (Å²) in [6.07, 6.45) is 0.159. The van der Waals surface area contributed by atoms with Crippen molar-refractivity contribution in [3.05, 3.63) is 0 Å². The molecule has 0 fully saturated rings. The van der Waals surface area contributed by atoms with Crippen LogP contribution < -0.4 is 0 Å². The average molecular weight is 231 g/mol. The van der Waals surface area contributed by atoms with Crippen LogP contribution in [0, 0.1) is 0 Å². The molecule has 0 aliphatic rings. The van der Waals surface area contributed by atoms with Crippen LogP contribution in [0.5, 0.6) is 0 Å². The molecular formula is C12H25NO3. The molecule has 0 spiro atoms. The molecule has 1 atom stereocenters. The number of hydrogen-bond donors (Lipinski definition) is 1. The summed E-state index contributed by atoms with van der Waals surface area (Å²) in [6, 6.07) is -0.0603. The third kappa shape index (κ3) is 6.67. The Hall–Kier alpha value is -0.770. The molecule has 4 heteroatoms. The topological polar surface area (TPSA) is 49.8 Å². The monoisotopic (exact) mass is 231 g/mol. The van der Waals surface area contributed by atoms with Crippen molar-refractivity contribution >= 4 is 6.09 Å². The van der Waals surface area contributed by atoms with Gasteiger partial charge in [0.1, 0.15) is 5.60 Å². The number of amides is 1. The number of aliphatic hydroxyl groups is 1. The summed E-state index contributed by atoms with van der Waals surface area (Å²) in [7, 11) is 1.68. The third-order valence-electron chi connectivity index (χ3n) is 2.14. The van der Waals surface area contributed by atoms with Crippen LogP contribution in [0.3, 0.4) is 0 Å². The smallest absolute Gasteiger partial charge is 0.410 e. The Kier molecular flexibility index (Phi) is 4.80. The van der Waals surface area contributed by atoms with Gasteiger partial charge >= 0.3 is 6.09 Å². The molecule has 0 rings (SSSR count). The molecular weight excluding hydrogens is 206 g/mol. The average Bonchev–Trinajstić information content (AvgIpc) is 1.96. The molecule has 1 unspecified atom stereocenters. The first-order chi connectivity index (χ1) is 6.92. The summed E-state index contributed by atoms with van der Waals surface area (Å²) in [5.74, 6) is 0. The quantitative estimate of drug-likeness (QED) is 0.811. The van der Waals surface area contributed by atoms with E-state index in [4.69, 9.17) is 4.74 Å². The maximum Gasteiger partial charge on any atom is 0.410 e. The van der Waals surface area contributed by atoms with Crippen LogP contribution in [0.1, 0.15) is 48.0 Å². The summed E-state index contributed by atoms with van der Waals surface area (Å²) in [4.78, 5) is 13.2. The predicted molar refractivity (Wildman–Crippen MR) is 64.4 cm³/mol. The molecule has 0 aliphatic carbocycles. The number of carbonyl (C=O) groups excluding carboxylic acids is 1. The second-order valence-electron chi connectivity index (χ2n) is 5.96.